The van der Waals surface area contributed by atoms with Gasteiger partial charge in [0.1, 0.15) is 6.04 Å². The van der Waals surface area contributed by atoms with Crippen molar-refractivity contribution in [1.82, 2.24) is 10.6 Å². The van der Waals surface area contributed by atoms with E-state index in [1.807, 2.05) is 30.3 Å². The zero-order valence-electron chi connectivity index (χ0n) is 15.6. The molecule has 8 heteroatoms. The molecule has 1 atom stereocenters. The van der Waals surface area contributed by atoms with Crippen molar-refractivity contribution in [3.63, 3.8) is 0 Å². The maximum absolute atomic E-state index is 12.2. The molecule has 2 rings (SSSR count). The third-order valence-corrected chi connectivity index (χ3v) is 3.72. The maximum Gasteiger partial charge on any atom is 0.309 e. The molecule has 2 aromatic carbocycles. The van der Waals surface area contributed by atoms with Crippen molar-refractivity contribution >= 4 is 35.0 Å². The molecule has 146 valence electrons. The number of anilines is 2. The fourth-order valence-corrected chi connectivity index (χ4v) is 2.28. The minimum Gasteiger partial charge on any atom is -0.344 e. The third-order valence-electron chi connectivity index (χ3n) is 3.72. The Kier molecular flexibility index (Phi) is 7.27. The van der Waals surface area contributed by atoms with Crippen molar-refractivity contribution in [2.75, 3.05) is 10.6 Å². The molecular weight excluding hydrogens is 360 g/mol. The molecule has 2 aromatic rings. The van der Waals surface area contributed by atoms with Gasteiger partial charge in [0.05, 0.1) is 0 Å². The van der Waals surface area contributed by atoms with Crippen LogP contribution in [-0.2, 0) is 25.7 Å². The Hall–Kier alpha value is -3.68. The van der Waals surface area contributed by atoms with Crippen LogP contribution in [0.25, 0.3) is 0 Å². The van der Waals surface area contributed by atoms with Crippen molar-refractivity contribution in [1.29, 1.82) is 0 Å². The number of carbonyl (C=O) groups excluding carboxylic acids is 4. The Morgan fingerprint density at radius 2 is 1.39 bits per heavy atom. The normalized spacial score (nSPS) is 11.1. The lowest BCUT2D eigenvalue weighted by atomic mass is 10.2. The van der Waals surface area contributed by atoms with Crippen molar-refractivity contribution in [2.45, 2.75) is 26.4 Å². The average Bonchev–Trinajstić information content (AvgIpc) is 2.67. The molecule has 0 unspecified atom stereocenters. The molecule has 0 saturated heterocycles. The predicted molar refractivity (Wildman–Crippen MR) is 105 cm³/mol. The van der Waals surface area contributed by atoms with Gasteiger partial charge in [0.2, 0.25) is 11.8 Å². The molecule has 0 bridgehead atoms. The first kappa shape index (κ1) is 20.6. The van der Waals surface area contributed by atoms with Crippen LogP contribution in [0.4, 0.5) is 11.4 Å². The van der Waals surface area contributed by atoms with E-state index in [-0.39, 0.29) is 12.5 Å². The summed E-state index contributed by atoms with van der Waals surface area (Å²) in [6, 6.07) is 14.8. The molecule has 0 aliphatic heterocycles. The van der Waals surface area contributed by atoms with E-state index >= 15 is 0 Å². The summed E-state index contributed by atoms with van der Waals surface area (Å²) in [5.74, 6) is -2.38. The van der Waals surface area contributed by atoms with Gasteiger partial charge in [-0.15, -0.1) is 0 Å². The number of rotatable bonds is 6. The smallest absolute Gasteiger partial charge is 0.309 e. The maximum atomic E-state index is 12.2. The average molecular weight is 382 g/mol. The Bertz CT molecular complexity index is 850. The SMILES string of the molecule is CC(=O)Nc1ccc(NC(=O)[C@@H](C)NC(=O)C(=O)NCc2ccccc2)cc1. The number of carbonyl (C=O) groups is 4. The second kappa shape index (κ2) is 9.86. The van der Waals surface area contributed by atoms with Crippen LogP contribution < -0.4 is 21.3 Å². The number of hydrogen-bond donors (Lipinski definition) is 4. The molecule has 0 spiro atoms. The Morgan fingerprint density at radius 3 is 1.96 bits per heavy atom. The fourth-order valence-electron chi connectivity index (χ4n) is 2.28. The predicted octanol–water partition coefficient (Wildman–Crippen LogP) is 1.40. The van der Waals surface area contributed by atoms with E-state index in [0.29, 0.717) is 11.4 Å². The first-order valence-electron chi connectivity index (χ1n) is 8.66. The van der Waals surface area contributed by atoms with E-state index in [1.165, 1.54) is 13.8 Å². The summed E-state index contributed by atoms with van der Waals surface area (Å²) < 4.78 is 0. The first-order chi connectivity index (χ1) is 13.3. The highest BCUT2D eigenvalue weighted by molar-refractivity contribution is 6.35. The molecule has 0 radical (unpaired) electrons. The summed E-state index contributed by atoms with van der Waals surface area (Å²) in [7, 11) is 0. The lowest BCUT2D eigenvalue weighted by Crippen LogP contribution is -2.47. The standard InChI is InChI=1S/C20H22N4O4/c1-13(18(26)24-17-10-8-16(9-11-17)23-14(2)25)22-20(28)19(27)21-12-15-6-4-3-5-7-15/h3-11,13H,12H2,1-2H3,(H,21,27)(H,22,28)(H,23,25)(H,24,26)/t13-/m1/s1. The van der Waals surface area contributed by atoms with E-state index in [0.717, 1.165) is 5.56 Å². The van der Waals surface area contributed by atoms with Gasteiger partial charge in [0.15, 0.2) is 0 Å². The summed E-state index contributed by atoms with van der Waals surface area (Å²) in [5, 5.41) is 10.1. The highest BCUT2D eigenvalue weighted by Crippen LogP contribution is 2.13. The monoisotopic (exact) mass is 382 g/mol. The molecule has 0 aliphatic carbocycles. The van der Waals surface area contributed by atoms with E-state index in [9.17, 15) is 19.2 Å². The highest BCUT2D eigenvalue weighted by atomic mass is 16.2. The summed E-state index contributed by atoms with van der Waals surface area (Å²) in [6.45, 7) is 3.09. The zero-order chi connectivity index (χ0) is 20.5. The minimum absolute atomic E-state index is 0.196. The second-order valence-electron chi connectivity index (χ2n) is 6.11. The van der Waals surface area contributed by atoms with Crippen LogP contribution in [0.2, 0.25) is 0 Å². The van der Waals surface area contributed by atoms with Crippen LogP contribution in [0.5, 0.6) is 0 Å². The van der Waals surface area contributed by atoms with Crippen LogP contribution in [0.1, 0.15) is 19.4 Å². The van der Waals surface area contributed by atoms with Crippen molar-refractivity contribution in [3.8, 4) is 0 Å². The molecule has 8 nitrogen and oxygen atoms in total. The molecule has 4 amide bonds. The van der Waals surface area contributed by atoms with Crippen LogP contribution in [0.3, 0.4) is 0 Å². The Morgan fingerprint density at radius 1 is 0.821 bits per heavy atom. The number of nitrogens with one attached hydrogen (secondary N) is 4. The lowest BCUT2D eigenvalue weighted by molar-refractivity contribution is -0.140. The molecule has 28 heavy (non-hydrogen) atoms. The van der Waals surface area contributed by atoms with Gasteiger partial charge in [-0.3, -0.25) is 19.2 Å². The van der Waals surface area contributed by atoms with Crippen molar-refractivity contribution < 1.29 is 19.2 Å². The Labute approximate surface area is 162 Å². The summed E-state index contributed by atoms with van der Waals surface area (Å²) in [6.07, 6.45) is 0. The molecule has 0 fully saturated rings. The molecule has 4 N–H and O–H groups in total. The van der Waals surface area contributed by atoms with Gasteiger partial charge in [-0.25, -0.2) is 0 Å². The van der Waals surface area contributed by atoms with E-state index in [4.69, 9.17) is 0 Å². The van der Waals surface area contributed by atoms with Gasteiger partial charge in [-0.05, 0) is 36.8 Å². The zero-order valence-corrected chi connectivity index (χ0v) is 15.6. The van der Waals surface area contributed by atoms with Gasteiger partial charge in [0, 0.05) is 24.8 Å². The quantitative estimate of drug-likeness (QED) is 0.565. The minimum atomic E-state index is -0.912. The van der Waals surface area contributed by atoms with Gasteiger partial charge < -0.3 is 21.3 Å². The topological polar surface area (TPSA) is 116 Å². The molecule has 0 saturated carbocycles. The Balaban J connectivity index is 1.81. The molecule has 0 aromatic heterocycles. The van der Waals surface area contributed by atoms with Crippen LogP contribution >= 0.6 is 0 Å². The van der Waals surface area contributed by atoms with E-state index < -0.39 is 23.8 Å². The van der Waals surface area contributed by atoms with Crippen molar-refractivity contribution in [2.24, 2.45) is 0 Å². The molecular formula is C20H22N4O4. The number of hydrogen-bond acceptors (Lipinski definition) is 4. The summed E-state index contributed by atoms with van der Waals surface area (Å²) in [4.78, 5) is 47.0. The van der Waals surface area contributed by atoms with Crippen LogP contribution in [0, 0.1) is 0 Å². The highest BCUT2D eigenvalue weighted by Gasteiger charge is 2.20. The van der Waals surface area contributed by atoms with Gasteiger partial charge in [-0.1, -0.05) is 30.3 Å². The van der Waals surface area contributed by atoms with E-state index in [2.05, 4.69) is 21.3 Å². The van der Waals surface area contributed by atoms with Crippen LogP contribution in [0.15, 0.2) is 54.6 Å². The number of benzene rings is 2. The summed E-state index contributed by atoms with van der Waals surface area (Å²) >= 11 is 0. The summed E-state index contributed by atoms with van der Waals surface area (Å²) in [5.41, 5.74) is 1.95. The first-order valence-corrected chi connectivity index (χ1v) is 8.66. The fraction of sp³-hybridized carbons (Fsp3) is 0.200. The molecule has 0 aliphatic rings. The number of amides is 4. The third kappa shape index (κ3) is 6.56. The van der Waals surface area contributed by atoms with Crippen molar-refractivity contribution in [3.05, 3.63) is 60.2 Å². The second-order valence-corrected chi connectivity index (χ2v) is 6.11. The lowest BCUT2D eigenvalue weighted by Gasteiger charge is -2.14. The van der Waals surface area contributed by atoms with Gasteiger partial charge >= 0.3 is 11.8 Å². The van der Waals surface area contributed by atoms with Gasteiger partial charge in [-0.2, -0.15) is 0 Å². The van der Waals surface area contributed by atoms with Crippen LogP contribution in [-0.4, -0.2) is 29.7 Å². The molecule has 0 heterocycles. The largest absolute Gasteiger partial charge is 0.344 e. The van der Waals surface area contributed by atoms with E-state index in [1.54, 1.807) is 24.3 Å². The van der Waals surface area contributed by atoms with Gasteiger partial charge in [0.25, 0.3) is 0 Å².